The molecule has 0 fully saturated rings. The van der Waals surface area contributed by atoms with E-state index >= 15 is 0 Å². The monoisotopic (exact) mass is 416 g/mol. The average molecular weight is 416 g/mol. The zero-order chi connectivity index (χ0) is 21.9. The third kappa shape index (κ3) is 5.20. The molecule has 0 saturated heterocycles. The minimum atomic E-state index is -4.60. The van der Waals surface area contributed by atoms with Gasteiger partial charge in [-0.05, 0) is 35.2 Å². The van der Waals surface area contributed by atoms with Crippen molar-refractivity contribution in [2.24, 2.45) is 0 Å². The zero-order valence-corrected chi connectivity index (χ0v) is 17.1. The molecule has 0 aliphatic rings. The van der Waals surface area contributed by atoms with Crippen molar-refractivity contribution in [3.63, 3.8) is 0 Å². The first-order valence-electron chi connectivity index (χ1n) is 9.29. The number of hydrogen-bond donors (Lipinski definition) is 2. The number of aromatic nitrogens is 2. The van der Waals surface area contributed by atoms with Gasteiger partial charge in [-0.15, -0.1) is 0 Å². The predicted molar refractivity (Wildman–Crippen MR) is 112 cm³/mol. The summed E-state index contributed by atoms with van der Waals surface area (Å²) in [5.41, 5.74) is 1.27. The standard InChI is InChI=1S/C22H23F3N4O/c1-21(2,3)14-8-10-15(11-9-14)28-20-26-13-18(22(23,24)25)19(29-20)27-16-6-5-7-17(12-16)30-4/h5-13H,1-4H3,(H2,26,27,28,29). The van der Waals surface area contributed by atoms with Crippen molar-refractivity contribution in [2.45, 2.75) is 32.4 Å². The van der Waals surface area contributed by atoms with Crippen LogP contribution in [-0.4, -0.2) is 17.1 Å². The topological polar surface area (TPSA) is 59.1 Å². The van der Waals surface area contributed by atoms with Crippen LogP contribution >= 0.6 is 0 Å². The summed E-state index contributed by atoms with van der Waals surface area (Å²) in [6, 6.07) is 14.2. The highest BCUT2D eigenvalue weighted by molar-refractivity contribution is 5.64. The molecule has 0 bridgehead atoms. The van der Waals surface area contributed by atoms with Crippen molar-refractivity contribution < 1.29 is 17.9 Å². The third-order valence-corrected chi connectivity index (χ3v) is 4.43. The molecule has 0 spiro atoms. The molecular formula is C22H23F3N4O. The molecule has 158 valence electrons. The molecule has 3 aromatic rings. The lowest BCUT2D eigenvalue weighted by atomic mass is 9.87. The fourth-order valence-electron chi connectivity index (χ4n) is 2.76. The number of anilines is 4. The van der Waals surface area contributed by atoms with E-state index in [1.165, 1.54) is 7.11 Å². The first-order valence-corrected chi connectivity index (χ1v) is 9.29. The molecule has 0 saturated carbocycles. The van der Waals surface area contributed by atoms with E-state index in [1.807, 2.05) is 24.3 Å². The minimum absolute atomic E-state index is 0.00276. The Morgan fingerprint density at radius 2 is 1.60 bits per heavy atom. The van der Waals surface area contributed by atoms with Crippen LogP contribution in [-0.2, 0) is 11.6 Å². The highest BCUT2D eigenvalue weighted by Gasteiger charge is 2.35. The third-order valence-electron chi connectivity index (χ3n) is 4.43. The summed E-state index contributed by atoms with van der Waals surface area (Å²) in [6.07, 6.45) is -3.84. The molecule has 0 amide bonds. The number of benzene rings is 2. The summed E-state index contributed by atoms with van der Waals surface area (Å²) >= 11 is 0. The van der Waals surface area contributed by atoms with Gasteiger partial charge in [-0.2, -0.15) is 18.2 Å². The molecule has 0 radical (unpaired) electrons. The summed E-state index contributed by atoms with van der Waals surface area (Å²) in [7, 11) is 1.48. The molecule has 5 nitrogen and oxygen atoms in total. The van der Waals surface area contributed by atoms with Crippen molar-refractivity contribution in [3.05, 3.63) is 65.9 Å². The Balaban J connectivity index is 1.90. The van der Waals surface area contributed by atoms with Crippen LogP contribution in [0.3, 0.4) is 0 Å². The number of nitrogens with zero attached hydrogens (tertiary/aromatic N) is 2. The van der Waals surface area contributed by atoms with E-state index in [2.05, 4.69) is 41.4 Å². The number of alkyl halides is 3. The van der Waals surface area contributed by atoms with Crippen LogP contribution in [0, 0.1) is 0 Å². The number of nitrogens with one attached hydrogen (secondary N) is 2. The van der Waals surface area contributed by atoms with Gasteiger partial charge in [0.1, 0.15) is 17.1 Å². The van der Waals surface area contributed by atoms with E-state index in [9.17, 15) is 13.2 Å². The molecular weight excluding hydrogens is 393 g/mol. The Labute approximate surface area is 173 Å². The second kappa shape index (κ2) is 8.22. The van der Waals surface area contributed by atoms with Gasteiger partial charge in [-0.3, -0.25) is 0 Å². The van der Waals surface area contributed by atoms with Gasteiger partial charge in [-0.25, -0.2) is 4.98 Å². The second-order valence-corrected chi connectivity index (χ2v) is 7.76. The molecule has 8 heteroatoms. The van der Waals surface area contributed by atoms with E-state index in [0.29, 0.717) is 17.1 Å². The molecule has 0 atom stereocenters. The van der Waals surface area contributed by atoms with Crippen molar-refractivity contribution >= 4 is 23.1 Å². The Hall–Kier alpha value is -3.29. The largest absolute Gasteiger partial charge is 0.497 e. The lowest BCUT2D eigenvalue weighted by molar-refractivity contribution is -0.137. The highest BCUT2D eigenvalue weighted by atomic mass is 19.4. The second-order valence-electron chi connectivity index (χ2n) is 7.76. The predicted octanol–water partition coefficient (Wildman–Crippen LogP) is 6.29. The smallest absolute Gasteiger partial charge is 0.421 e. The maximum absolute atomic E-state index is 13.4. The van der Waals surface area contributed by atoms with Gasteiger partial charge in [0.25, 0.3) is 0 Å². The number of halogens is 3. The number of hydrogen-bond acceptors (Lipinski definition) is 5. The summed E-state index contributed by atoms with van der Waals surface area (Å²) in [5, 5.41) is 5.67. The van der Waals surface area contributed by atoms with Crippen LogP contribution in [0.1, 0.15) is 31.9 Å². The quantitative estimate of drug-likeness (QED) is 0.512. The first kappa shape index (κ1) is 21.4. The SMILES string of the molecule is COc1cccc(Nc2nc(Nc3ccc(C(C)(C)C)cc3)ncc2C(F)(F)F)c1. The highest BCUT2D eigenvalue weighted by Crippen LogP contribution is 2.35. The fraction of sp³-hybridized carbons (Fsp3) is 0.273. The number of rotatable bonds is 5. The molecule has 1 aromatic heterocycles. The van der Waals surface area contributed by atoms with Crippen LogP contribution in [0.25, 0.3) is 0 Å². The van der Waals surface area contributed by atoms with Gasteiger partial charge in [0.15, 0.2) is 0 Å². The van der Waals surface area contributed by atoms with Gasteiger partial charge in [0.2, 0.25) is 5.95 Å². The van der Waals surface area contributed by atoms with E-state index in [0.717, 1.165) is 11.8 Å². The molecule has 2 N–H and O–H groups in total. The van der Waals surface area contributed by atoms with Gasteiger partial charge < -0.3 is 15.4 Å². The molecule has 0 unspecified atom stereocenters. The summed E-state index contributed by atoms with van der Waals surface area (Å²) in [6.45, 7) is 6.31. The van der Waals surface area contributed by atoms with Crippen LogP contribution in [0.15, 0.2) is 54.7 Å². The molecule has 30 heavy (non-hydrogen) atoms. The maximum atomic E-state index is 13.4. The van der Waals surface area contributed by atoms with E-state index in [1.54, 1.807) is 24.3 Å². The van der Waals surface area contributed by atoms with Gasteiger partial charge in [0.05, 0.1) is 7.11 Å². The van der Waals surface area contributed by atoms with Crippen molar-refractivity contribution in [3.8, 4) is 5.75 Å². The Bertz CT molecular complexity index is 1010. The van der Waals surface area contributed by atoms with Gasteiger partial charge >= 0.3 is 6.18 Å². The average Bonchev–Trinajstić information content (AvgIpc) is 2.67. The zero-order valence-electron chi connectivity index (χ0n) is 17.1. The van der Waals surface area contributed by atoms with E-state index in [-0.39, 0.29) is 17.2 Å². The lowest BCUT2D eigenvalue weighted by Crippen LogP contribution is -2.13. The Morgan fingerprint density at radius 1 is 0.900 bits per heavy atom. The van der Waals surface area contributed by atoms with Crippen molar-refractivity contribution in [1.29, 1.82) is 0 Å². The molecule has 0 aliphatic heterocycles. The maximum Gasteiger partial charge on any atom is 0.421 e. The Kier molecular flexibility index (Phi) is 5.87. The van der Waals surface area contributed by atoms with Crippen LogP contribution in [0.4, 0.5) is 36.3 Å². The summed E-state index contributed by atoms with van der Waals surface area (Å²) < 4.78 is 45.5. The van der Waals surface area contributed by atoms with Gasteiger partial charge in [0, 0.05) is 23.6 Å². The Morgan fingerprint density at radius 3 is 2.20 bits per heavy atom. The molecule has 0 aliphatic carbocycles. The minimum Gasteiger partial charge on any atom is -0.497 e. The van der Waals surface area contributed by atoms with Crippen LogP contribution in [0.2, 0.25) is 0 Å². The summed E-state index contributed by atoms with van der Waals surface area (Å²) in [4.78, 5) is 7.90. The fourth-order valence-corrected chi connectivity index (χ4v) is 2.76. The molecule has 2 aromatic carbocycles. The lowest BCUT2D eigenvalue weighted by Gasteiger charge is -2.19. The van der Waals surface area contributed by atoms with Crippen molar-refractivity contribution in [2.75, 3.05) is 17.7 Å². The van der Waals surface area contributed by atoms with E-state index < -0.39 is 11.7 Å². The number of ether oxygens (including phenoxy) is 1. The van der Waals surface area contributed by atoms with Gasteiger partial charge in [-0.1, -0.05) is 39.0 Å². The summed E-state index contributed by atoms with van der Waals surface area (Å²) in [5.74, 6) is 0.219. The molecule has 3 rings (SSSR count). The normalized spacial score (nSPS) is 11.8. The van der Waals surface area contributed by atoms with Crippen LogP contribution < -0.4 is 15.4 Å². The molecule has 1 heterocycles. The van der Waals surface area contributed by atoms with Crippen molar-refractivity contribution in [1.82, 2.24) is 9.97 Å². The number of methoxy groups -OCH3 is 1. The van der Waals surface area contributed by atoms with Crippen LogP contribution in [0.5, 0.6) is 5.75 Å². The first-order chi connectivity index (χ1) is 14.1. The van der Waals surface area contributed by atoms with E-state index in [4.69, 9.17) is 4.74 Å².